The van der Waals surface area contributed by atoms with Gasteiger partial charge in [-0.05, 0) is 76.1 Å². The second kappa shape index (κ2) is 9.62. The Hall–Kier alpha value is -1.91. The van der Waals surface area contributed by atoms with Crippen molar-refractivity contribution in [1.29, 1.82) is 0 Å². The first-order valence-electron chi connectivity index (χ1n) is 12.8. The highest BCUT2D eigenvalue weighted by molar-refractivity contribution is 9.09. The average molecular weight is 524 g/mol. The van der Waals surface area contributed by atoms with Crippen molar-refractivity contribution in [3.63, 3.8) is 0 Å². The van der Waals surface area contributed by atoms with E-state index in [2.05, 4.69) is 85.2 Å². The molecule has 4 heteroatoms. The van der Waals surface area contributed by atoms with E-state index in [1.54, 1.807) is 0 Å². The number of hydrogen-bond donors (Lipinski definition) is 1. The summed E-state index contributed by atoms with van der Waals surface area (Å²) in [5.41, 5.74) is 2.42. The van der Waals surface area contributed by atoms with Crippen molar-refractivity contribution >= 4 is 43.4 Å². The number of halogens is 1. The largest absolute Gasteiger partial charge is 0.479 e. The van der Waals surface area contributed by atoms with Crippen LogP contribution in [0.25, 0.3) is 21.5 Å². The topological polar surface area (TPSA) is 46.5 Å². The number of carboxylic acid groups (broad SMARTS) is 1. The summed E-state index contributed by atoms with van der Waals surface area (Å²) in [6, 6.07) is 17.2. The lowest BCUT2D eigenvalue weighted by Gasteiger charge is -2.41. The first kappa shape index (κ1) is 23.8. The van der Waals surface area contributed by atoms with Gasteiger partial charge in [-0.25, -0.2) is 4.79 Å². The number of carboxylic acids is 1. The summed E-state index contributed by atoms with van der Waals surface area (Å²) in [4.78, 5) is 12.9. The van der Waals surface area contributed by atoms with E-state index in [-0.39, 0.29) is 16.8 Å². The molecule has 1 unspecified atom stereocenters. The summed E-state index contributed by atoms with van der Waals surface area (Å²) in [6.45, 7) is 6.76. The van der Waals surface area contributed by atoms with Gasteiger partial charge in [-0.15, -0.1) is 0 Å². The Bertz CT molecular complexity index is 1200. The molecule has 0 saturated heterocycles. The SMILES string of the molecule is CC(C)[C@@H]1CC[C@@H](C)C[C@H]1OC(C(=O)O)[C@@H]1c2c(ccc3c2ccc2ccccc23)CC[C@@H]1Br. The maximum atomic E-state index is 12.8. The Balaban J connectivity index is 1.61. The lowest BCUT2D eigenvalue weighted by Crippen LogP contribution is -2.44. The summed E-state index contributed by atoms with van der Waals surface area (Å²) in [6.07, 6.45) is 4.25. The molecule has 1 fully saturated rings. The van der Waals surface area contributed by atoms with Crippen LogP contribution in [0, 0.1) is 17.8 Å². The van der Waals surface area contributed by atoms with Gasteiger partial charge in [-0.2, -0.15) is 0 Å². The quantitative estimate of drug-likeness (QED) is 0.275. The van der Waals surface area contributed by atoms with Crippen LogP contribution in [-0.4, -0.2) is 28.1 Å². The van der Waals surface area contributed by atoms with Gasteiger partial charge in [0, 0.05) is 10.7 Å². The molecular weight excluding hydrogens is 488 g/mol. The number of carbonyl (C=O) groups is 1. The van der Waals surface area contributed by atoms with Crippen molar-refractivity contribution in [2.75, 3.05) is 0 Å². The molecule has 0 bridgehead atoms. The van der Waals surface area contributed by atoms with Gasteiger partial charge in [0.1, 0.15) is 0 Å². The second-order valence-corrected chi connectivity index (χ2v) is 12.0. The third-order valence-corrected chi connectivity index (χ3v) is 9.35. The molecule has 2 aliphatic carbocycles. The molecule has 1 N–H and O–H groups in total. The lowest BCUT2D eigenvalue weighted by molar-refractivity contribution is -0.163. The van der Waals surface area contributed by atoms with Crippen LogP contribution in [0.1, 0.15) is 63.5 Å². The third kappa shape index (κ3) is 4.28. The van der Waals surface area contributed by atoms with Crippen molar-refractivity contribution in [2.24, 2.45) is 17.8 Å². The zero-order chi connectivity index (χ0) is 24.0. The van der Waals surface area contributed by atoms with E-state index >= 15 is 0 Å². The zero-order valence-corrected chi connectivity index (χ0v) is 21.9. The van der Waals surface area contributed by atoms with Crippen LogP contribution >= 0.6 is 15.9 Å². The van der Waals surface area contributed by atoms with Gasteiger partial charge in [-0.1, -0.05) is 91.7 Å². The number of aryl methyl sites for hydroxylation is 1. The Labute approximate surface area is 211 Å². The number of ether oxygens (including phenoxy) is 1. The molecule has 3 aromatic carbocycles. The van der Waals surface area contributed by atoms with E-state index in [4.69, 9.17) is 4.74 Å². The van der Waals surface area contributed by atoms with Gasteiger partial charge < -0.3 is 9.84 Å². The van der Waals surface area contributed by atoms with Crippen molar-refractivity contribution in [3.8, 4) is 0 Å². The van der Waals surface area contributed by atoms with Crippen LogP contribution in [-0.2, 0) is 16.0 Å². The molecule has 0 aliphatic heterocycles. The normalized spacial score (nSPS) is 28.2. The number of aliphatic carboxylic acids is 1. The fraction of sp³-hybridized carbons (Fsp3) is 0.500. The highest BCUT2D eigenvalue weighted by Crippen LogP contribution is 2.46. The van der Waals surface area contributed by atoms with E-state index in [0.717, 1.165) is 36.6 Å². The second-order valence-electron chi connectivity index (χ2n) is 10.9. The van der Waals surface area contributed by atoms with Gasteiger partial charge in [0.05, 0.1) is 6.10 Å². The molecule has 5 rings (SSSR count). The number of rotatable bonds is 5. The molecular formula is C30H35BrO3. The number of fused-ring (bicyclic) bond motifs is 5. The van der Waals surface area contributed by atoms with Gasteiger partial charge in [0.15, 0.2) is 6.10 Å². The van der Waals surface area contributed by atoms with Gasteiger partial charge in [0.25, 0.3) is 0 Å². The molecule has 1 saturated carbocycles. The predicted octanol–water partition coefficient (Wildman–Crippen LogP) is 7.72. The lowest BCUT2D eigenvalue weighted by atomic mass is 9.74. The molecule has 0 spiro atoms. The summed E-state index contributed by atoms with van der Waals surface area (Å²) in [7, 11) is 0. The minimum absolute atomic E-state index is 0.00858. The van der Waals surface area contributed by atoms with Crippen molar-refractivity contribution in [2.45, 2.75) is 75.8 Å². The smallest absolute Gasteiger partial charge is 0.333 e. The van der Waals surface area contributed by atoms with Gasteiger partial charge in [0.2, 0.25) is 0 Å². The highest BCUT2D eigenvalue weighted by atomic mass is 79.9. The summed E-state index contributed by atoms with van der Waals surface area (Å²) in [5, 5.41) is 15.3. The van der Waals surface area contributed by atoms with Crippen molar-refractivity contribution in [3.05, 3.63) is 59.7 Å². The number of benzene rings is 3. The van der Waals surface area contributed by atoms with Crippen LogP contribution in [0.15, 0.2) is 48.5 Å². The third-order valence-electron chi connectivity index (χ3n) is 8.32. The first-order chi connectivity index (χ1) is 16.3. The summed E-state index contributed by atoms with van der Waals surface area (Å²) in [5.74, 6) is 0.390. The van der Waals surface area contributed by atoms with Crippen LogP contribution in [0.3, 0.4) is 0 Å². The molecule has 3 nitrogen and oxygen atoms in total. The van der Waals surface area contributed by atoms with Crippen LogP contribution < -0.4 is 0 Å². The molecule has 0 amide bonds. The summed E-state index contributed by atoms with van der Waals surface area (Å²) < 4.78 is 6.67. The van der Waals surface area contributed by atoms with E-state index in [0.29, 0.717) is 17.8 Å². The van der Waals surface area contributed by atoms with Gasteiger partial charge >= 0.3 is 5.97 Å². The molecule has 0 radical (unpaired) electrons. The Morgan fingerprint density at radius 3 is 2.53 bits per heavy atom. The molecule has 0 aromatic heterocycles. The molecule has 2 aliphatic rings. The van der Waals surface area contributed by atoms with E-state index in [1.165, 1.54) is 28.1 Å². The van der Waals surface area contributed by atoms with Crippen LogP contribution in [0.4, 0.5) is 0 Å². The fourth-order valence-corrected chi connectivity index (χ4v) is 7.29. The fourth-order valence-electron chi connectivity index (χ4n) is 6.52. The van der Waals surface area contributed by atoms with Crippen molar-refractivity contribution < 1.29 is 14.6 Å². The van der Waals surface area contributed by atoms with Crippen LogP contribution in [0.5, 0.6) is 0 Å². The van der Waals surface area contributed by atoms with Crippen molar-refractivity contribution in [1.82, 2.24) is 0 Å². The standard InChI is InChI=1S/C30H35BrO3/c1-17(2)21-12-8-18(3)16-26(21)34-29(30(32)33)28-25(31)15-11-20-10-13-23-22-7-5-4-6-19(22)9-14-24(23)27(20)28/h4-7,9-10,13-14,17-18,21,25-26,28-29H,8,11-12,15-16H2,1-3H3,(H,32,33)/t18-,21+,25+,26-,28+,29?/m1/s1. The minimum atomic E-state index is -0.864. The van der Waals surface area contributed by atoms with E-state index in [1.807, 2.05) is 0 Å². The maximum Gasteiger partial charge on any atom is 0.333 e. The molecule has 6 atom stereocenters. The average Bonchev–Trinajstić information content (AvgIpc) is 2.82. The first-order valence-corrected chi connectivity index (χ1v) is 13.7. The van der Waals surface area contributed by atoms with Crippen LogP contribution in [0.2, 0.25) is 0 Å². The predicted molar refractivity (Wildman–Crippen MR) is 143 cm³/mol. The van der Waals surface area contributed by atoms with E-state index < -0.39 is 12.1 Å². The van der Waals surface area contributed by atoms with E-state index in [9.17, 15) is 9.90 Å². The minimum Gasteiger partial charge on any atom is -0.479 e. The Morgan fingerprint density at radius 2 is 1.76 bits per heavy atom. The zero-order valence-electron chi connectivity index (χ0n) is 20.3. The number of alkyl halides is 1. The maximum absolute atomic E-state index is 12.8. The molecule has 34 heavy (non-hydrogen) atoms. The molecule has 0 heterocycles. The Kier molecular flexibility index (Phi) is 6.74. The van der Waals surface area contributed by atoms with Gasteiger partial charge in [-0.3, -0.25) is 0 Å². The molecule has 3 aromatic rings. The monoisotopic (exact) mass is 522 g/mol. The number of hydrogen-bond acceptors (Lipinski definition) is 2. The highest BCUT2D eigenvalue weighted by Gasteiger charge is 2.43. The molecule has 180 valence electrons. The summed E-state index contributed by atoms with van der Waals surface area (Å²) >= 11 is 3.91. The Morgan fingerprint density at radius 1 is 1.00 bits per heavy atom.